The average Bonchev–Trinajstić information content (AvgIpc) is 3.08. The number of anilines is 1. The minimum atomic E-state index is 0.350. The van der Waals surface area contributed by atoms with Crippen molar-refractivity contribution in [2.45, 2.75) is 32.6 Å². The van der Waals surface area contributed by atoms with E-state index in [0.29, 0.717) is 16.1 Å². The smallest absolute Gasteiger partial charge is 0.126 e. The summed E-state index contributed by atoms with van der Waals surface area (Å²) in [7, 11) is 0. The fraction of sp³-hybridized carbons (Fsp3) is 0.538. The Morgan fingerprint density at radius 3 is 2.88 bits per heavy atom. The minimum absolute atomic E-state index is 0.350. The summed E-state index contributed by atoms with van der Waals surface area (Å²) >= 11 is 4.92. The number of aromatic nitrogens is 1. The first-order valence-corrected chi connectivity index (χ1v) is 6.57. The molecule has 1 heterocycles. The maximum Gasteiger partial charge on any atom is 0.126 e. The van der Waals surface area contributed by atoms with Gasteiger partial charge in [-0.15, -0.1) is 0 Å². The van der Waals surface area contributed by atoms with Crippen LogP contribution in [0.4, 0.5) is 5.82 Å². The van der Waals surface area contributed by atoms with Crippen LogP contribution >= 0.6 is 12.2 Å². The Hall–Kier alpha value is -1.16. The molecule has 1 fully saturated rings. The molecule has 92 valence electrons. The fourth-order valence-corrected chi connectivity index (χ4v) is 2.28. The van der Waals surface area contributed by atoms with E-state index in [-0.39, 0.29) is 0 Å². The maximum atomic E-state index is 5.57. The topological polar surface area (TPSA) is 50.9 Å². The largest absolute Gasteiger partial charge is 0.388 e. The summed E-state index contributed by atoms with van der Waals surface area (Å²) < 4.78 is 0. The lowest BCUT2D eigenvalue weighted by Gasteiger charge is -2.15. The average molecular weight is 249 g/mol. The van der Waals surface area contributed by atoms with Crippen molar-refractivity contribution in [3.63, 3.8) is 0 Å². The van der Waals surface area contributed by atoms with E-state index in [0.717, 1.165) is 12.4 Å². The quantitative estimate of drug-likeness (QED) is 0.761. The zero-order valence-electron chi connectivity index (χ0n) is 10.2. The van der Waals surface area contributed by atoms with Crippen molar-refractivity contribution in [1.29, 1.82) is 0 Å². The van der Waals surface area contributed by atoms with Gasteiger partial charge in [-0.3, -0.25) is 0 Å². The molecule has 0 saturated heterocycles. The van der Waals surface area contributed by atoms with E-state index in [1.54, 1.807) is 0 Å². The van der Waals surface area contributed by atoms with Gasteiger partial charge in [0.15, 0.2) is 0 Å². The second-order valence-electron chi connectivity index (χ2n) is 4.88. The molecule has 0 amide bonds. The molecule has 1 aromatic rings. The molecule has 0 radical (unpaired) electrons. The SMILES string of the molecule is CCCC1(CNc2cccc(C(N)=S)n2)CC1. The summed E-state index contributed by atoms with van der Waals surface area (Å²) in [6, 6.07) is 5.74. The molecule has 1 aromatic heterocycles. The van der Waals surface area contributed by atoms with Gasteiger partial charge in [-0.05, 0) is 36.8 Å². The van der Waals surface area contributed by atoms with Crippen LogP contribution in [-0.2, 0) is 0 Å². The van der Waals surface area contributed by atoms with E-state index in [9.17, 15) is 0 Å². The number of rotatable bonds is 6. The van der Waals surface area contributed by atoms with Crippen LogP contribution in [0.15, 0.2) is 18.2 Å². The van der Waals surface area contributed by atoms with E-state index in [4.69, 9.17) is 18.0 Å². The summed E-state index contributed by atoms with van der Waals surface area (Å²) in [4.78, 5) is 4.74. The minimum Gasteiger partial charge on any atom is -0.388 e. The Kier molecular flexibility index (Phi) is 3.62. The highest BCUT2D eigenvalue weighted by molar-refractivity contribution is 7.80. The summed E-state index contributed by atoms with van der Waals surface area (Å²) in [6.45, 7) is 3.25. The predicted octanol–water partition coefficient (Wildman–Crippen LogP) is 2.71. The first kappa shape index (κ1) is 12.3. The molecule has 1 aliphatic rings. The molecule has 4 heteroatoms. The molecule has 17 heavy (non-hydrogen) atoms. The van der Waals surface area contributed by atoms with Crippen molar-refractivity contribution >= 4 is 23.0 Å². The molecule has 0 atom stereocenters. The third-order valence-electron chi connectivity index (χ3n) is 3.38. The summed E-state index contributed by atoms with van der Waals surface area (Å²) in [5.74, 6) is 0.873. The number of hydrogen-bond acceptors (Lipinski definition) is 3. The molecule has 0 aromatic carbocycles. The molecule has 0 spiro atoms. The van der Waals surface area contributed by atoms with Crippen molar-refractivity contribution in [2.75, 3.05) is 11.9 Å². The van der Waals surface area contributed by atoms with Crippen LogP contribution in [0.5, 0.6) is 0 Å². The van der Waals surface area contributed by atoms with Gasteiger partial charge in [0.05, 0.1) is 5.69 Å². The molecular weight excluding hydrogens is 230 g/mol. The number of nitrogens with two attached hydrogens (primary N) is 1. The van der Waals surface area contributed by atoms with Crippen LogP contribution in [0.2, 0.25) is 0 Å². The highest BCUT2D eigenvalue weighted by atomic mass is 32.1. The van der Waals surface area contributed by atoms with Gasteiger partial charge < -0.3 is 11.1 Å². The van der Waals surface area contributed by atoms with Gasteiger partial charge in [-0.2, -0.15) is 0 Å². The van der Waals surface area contributed by atoms with Crippen molar-refractivity contribution in [3.8, 4) is 0 Å². The van der Waals surface area contributed by atoms with Crippen LogP contribution < -0.4 is 11.1 Å². The molecule has 0 aliphatic heterocycles. The van der Waals surface area contributed by atoms with E-state index >= 15 is 0 Å². The van der Waals surface area contributed by atoms with Crippen LogP contribution in [0.1, 0.15) is 38.3 Å². The van der Waals surface area contributed by atoms with Crippen molar-refractivity contribution in [3.05, 3.63) is 23.9 Å². The standard InChI is InChI=1S/C13H19N3S/c1-2-6-13(7-8-13)9-15-11-5-3-4-10(16-11)12(14)17/h3-5H,2,6-9H2,1H3,(H2,14,17)(H,15,16). The lowest BCUT2D eigenvalue weighted by molar-refractivity contribution is 0.485. The number of thiocarbonyl (C=S) groups is 1. The van der Waals surface area contributed by atoms with Gasteiger partial charge in [-0.25, -0.2) is 4.98 Å². The molecule has 0 bridgehead atoms. The third kappa shape index (κ3) is 3.16. The molecule has 1 saturated carbocycles. The first-order valence-electron chi connectivity index (χ1n) is 6.16. The van der Waals surface area contributed by atoms with E-state index in [1.165, 1.54) is 25.7 Å². The molecule has 2 rings (SSSR count). The molecule has 3 nitrogen and oxygen atoms in total. The van der Waals surface area contributed by atoms with Crippen LogP contribution in [-0.4, -0.2) is 16.5 Å². The van der Waals surface area contributed by atoms with Crippen molar-refractivity contribution in [2.24, 2.45) is 11.1 Å². The zero-order chi connectivity index (χ0) is 12.3. The Balaban J connectivity index is 1.95. The van der Waals surface area contributed by atoms with Gasteiger partial charge in [0.25, 0.3) is 0 Å². The lowest BCUT2D eigenvalue weighted by Crippen LogP contribution is -2.17. The predicted molar refractivity (Wildman–Crippen MR) is 75.2 cm³/mol. The first-order chi connectivity index (χ1) is 8.15. The highest BCUT2D eigenvalue weighted by Gasteiger charge is 2.41. The summed E-state index contributed by atoms with van der Waals surface area (Å²) in [5.41, 5.74) is 6.77. The highest BCUT2D eigenvalue weighted by Crippen LogP contribution is 2.49. The monoisotopic (exact) mass is 249 g/mol. The number of nitrogens with zero attached hydrogens (tertiary/aromatic N) is 1. The van der Waals surface area contributed by atoms with Crippen molar-refractivity contribution in [1.82, 2.24) is 4.98 Å². The van der Waals surface area contributed by atoms with Crippen molar-refractivity contribution < 1.29 is 0 Å². The van der Waals surface area contributed by atoms with Crippen LogP contribution in [0.25, 0.3) is 0 Å². The van der Waals surface area contributed by atoms with Gasteiger partial charge >= 0.3 is 0 Å². The lowest BCUT2D eigenvalue weighted by atomic mass is 10.0. The summed E-state index contributed by atoms with van der Waals surface area (Å²) in [5, 5.41) is 3.40. The Morgan fingerprint density at radius 1 is 1.53 bits per heavy atom. The van der Waals surface area contributed by atoms with Gasteiger partial charge in [-0.1, -0.05) is 31.6 Å². The Bertz CT molecular complexity index is 413. The normalized spacial score (nSPS) is 16.5. The zero-order valence-corrected chi connectivity index (χ0v) is 11.0. The second-order valence-corrected chi connectivity index (χ2v) is 5.32. The van der Waals surface area contributed by atoms with Gasteiger partial charge in [0, 0.05) is 6.54 Å². The Labute approximate surface area is 108 Å². The molecule has 3 N–H and O–H groups in total. The molecule has 1 aliphatic carbocycles. The van der Waals surface area contributed by atoms with Crippen LogP contribution in [0, 0.1) is 5.41 Å². The molecule has 0 unspecified atom stereocenters. The Morgan fingerprint density at radius 2 is 2.29 bits per heavy atom. The summed E-state index contributed by atoms with van der Waals surface area (Å²) in [6.07, 6.45) is 5.22. The van der Waals surface area contributed by atoms with Crippen LogP contribution in [0.3, 0.4) is 0 Å². The second kappa shape index (κ2) is 5.00. The fourth-order valence-electron chi connectivity index (χ4n) is 2.17. The maximum absolute atomic E-state index is 5.57. The van der Waals surface area contributed by atoms with E-state index in [2.05, 4.69) is 17.2 Å². The van der Waals surface area contributed by atoms with E-state index in [1.807, 2.05) is 18.2 Å². The van der Waals surface area contributed by atoms with E-state index < -0.39 is 0 Å². The number of hydrogen-bond donors (Lipinski definition) is 2. The number of pyridine rings is 1. The molecular formula is C13H19N3S. The van der Waals surface area contributed by atoms with Gasteiger partial charge in [0.1, 0.15) is 10.8 Å². The number of nitrogens with one attached hydrogen (secondary N) is 1. The van der Waals surface area contributed by atoms with Gasteiger partial charge in [0.2, 0.25) is 0 Å². The third-order valence-corrected chi connectivity index (χ3v) is 3.59.